The Morgan fingerprint density at radius 1 is 1.00 bits per heavy atom. The summed E-state index contributed by atoms with van der Waals surface area (Å²) in [5.74, 6) is 0. The van der Waals surface area contributed by atoms with Crippen molar-refractivity contribution in [3.63, 3.8) is 0 Å². The smallest absolute Gasteiger partial charge is 0.106 e. The van der Waals surface area contributed by atoms with Gasteiger partial charge in [-0.1, -0.05) is 59.8 Å². The molecular formula is C18H21NO. The molecular weight excluding hydrogens is 246 g/mol. The van der Waals surface area contributed by atoms with Crippen molar-refractivity contribution in [2.24, 2.45) is 5.16 Å². The van der Waals surface area contributed by atoms with Crippen molar-refractivity contribution in [1.29, 1.82) is 0 Å². The van der Waals surface area contributed by atoms with Gasteiger partial charge in [-0.15, -0.1) is 0 Å². The second-order valence-electron chi connectivity index (χ2n) is 4.87. The fourth-order valence-corrected chi connectivity index (χ4v) is 2.34. The quantitative estimate of drug-likeness (QED) is 0.562. The van der Waals surface area contributed by atoms with Crippen molar-refractivity contribution in [3.8, 4) is 0 Å². The Bertz CT molecular complexity index is 561. The number of aryl methyl sites for hydroxylation is 2. The van der Waals surface area contributed by atoms with E-state index in [1.54, 1.807) is 7.11 Å². The first-order chi connectivity index (χ1) is 9.81. The number of hydrogen-bond donors (Lipinski definition) is 0. The standard InChI is InChI=1S/C18H21NO/c1-15-9-6-7-13-17(15)18(19-20-2)14-8-12-16-10-4-3-5-11-16/h3-7,9-11,13H,8,12,14H2,1-2H3/b19-18+. The first-order valence-corrected chi connectivity index (χ1v) is 7.01. The van der Waals surface area contributed by atoms with E-state index in [1.807, 2.05) is 12.1 Å². The maximum Gasteiger partial charge on any atom is 0.106 e. The molecule has 0 N–H and O–H groups in total. The Balaban J connectivity index is 2.01. The van der Waals surface area contributed by atoms with Gasteiger partial charge in [0.25, 0.3) is 0 Å². The first-order valence-electron chi connectivity index (χ1n) is 7.01. The highest BCUT2D eigenvalue weighted by Crippen LogP contribution is 2.14. The van der Waals surface area contributed by atoms with E-state index < -0.39 is 0 Å². The van der Waals surface area contributed by atoms with Crippen molar-refractivity contribution in [2.75, 3.05) is 7.11 Å². The minimum Gasteiger partial charge on any atom is -0.399 e. The third kappa shape index (κ3) is 3.95. The predicted molar refractivity (Wildman–Crippen MR) is 84.1 cm³/mol. The second-order valence-corrected chi connectivity index (χ2v) is 4.87. The van der Waals surface area contributed by atoms with Crippen LogP contribution in [-0.4, -0.2) is 12.8 Å². The summed E-state index contributed by atoms with van der Waals surface area (Å²) in [4.78, 5) is 5.00. The summed E-state index contributed by atoms with van der Waals surface area (Å²) in [7, 11) is 1.61. The average Bonchev–Trinajstić information content (AvgIpc) is 2.48. The van der Waals surface area contributed by atoms with E-state index >= 15 is 0 Å². The molecule has 0 aliphatic rings. The Morgan fingerprint density at radius 3 is 2.40 bits per heavy atom. The lowest BCUT2D eigenvalue weighted by Gasteiger charge is -2.09. The van der Waals surface area contributed by atoms with E-state index in [9.17, 15) is 0 Å². The molecule has 20 heavy (non-hydrogen) atoms. The molecule has 2 rings (SSSR count). The van der Waals surface area contributed by atoms with Gasteiger partial charge in [0.05, 0.1) is 5.71 Å². The highest BCUT2D eigenvalue weighted by Gasteiger charge is 2.07. The van der Waals surface area contributed by atoms with E-state index in [2.05, 4.69) is 54.5 Å². The van der Waals surface area contributed by atoms with Crippen LogP contribution in [-0.2, 0) is 11.3 Å². The molecule has 0 heterocycles. The first kappa shape index (κ1) is 14.3. The molecule has 0 aromatic heterocycles. The summed E-state index contributed by atoms with van der Waals surface area (Å²) in [6.07, 6.45) is 3.06. The zero-order valence-corrected chi connectivity index (χ0v) is 12.2. The summed E-state index contributed by atoms with van der Waals surface area (Å²) in [5.41, 5.74) is 4.82. The van der Waals surface area contributed by atoms with Crippen LogP contribution in [0.1, 0.15) is 29.5 Å². The van der Waals surface area contributed by atoms with Crippen LogP contribution in [0, 0.1) is 6.92 Å². The van der Waals surface area contributed by atoms with E-state index in [0.29, 0.717) is 0 Å². The predicted octanol–water partition coefficient (Wildman–Crippen LogP) is 4.37. The molecule has 2 aromatic carbocycles. The van der Waals surface area contributed by atoms with Gasteiger partial charge in [-0.25, -0.2) is 0 Å². The minimum atomic E-state index is 0.924. The lowest BCUT2D eigenvalue weighted by atomic mass is 9.99. The summed E-state index contributed by atoms with van der Waals surface area (Å²) in [6, 6.07) is 18.9. The fourth-order valence-electron chi connectivity index (χ4n) is 2.34. The molecule has 0 aliphatic heterocycles. The van der Waals surface area contributed by atoms with Gasteiger partial charge in [-0.2, -0.15) is 0 Å². The third-order valence-corrected chi connectivity index (χ3v) is 3.38. The van der Waals surface area contributed by atoms with Gasteiger partial charge in [-0.05, 0) is 37.3 Å². The molecule has 0 aliphatic carbocycles. The Morgan fingerprint density at radius 2 is 1.70 bits per heavy atom. The summed E-state index contributed by atoms with van der Waals surface area (Å²) >= 11 is 0. The van der Waals surface area contributed by atoms with Crippen molar-refractivity contribution in [3.05, 3.63) is 71.3 Å². The van der Waals surface area contributed by atoms with Gasteiger partial charge in [0.15, 0.2) is 0 Å². The molecule has 0 saturated carbocycles. The average molecular weight is 267 g/mol. The van der Waals surface area contributed by atoms with Gasteiger partial charge >= 0.3 is 0 Å². The van der Waals surface area contributed by atoms with Gasteiger partial charge < -0.3 is 4.84 Å². The zero-order valence-electron chi connectivity index (χ0n) is 12.2. The molecule has 0 fully saturated rings. The Kier molecular flexibility index (Phi) is 5.36. The molecule has 104 valence electrons. The van der Waals surface area contributed by atoms with Gasteiger partial charge in [0.2, 0.25) is 0 Å². The molecule has 2 heteroatoms. The lowest BCUT2D eigenvalue weighted by Crippen LogP contribution is -2.05. The van der Waals surface area contributed by atoms with Gasteiger partial charge in [-0.3, -0.25) is 0 Å². The van der Waals surface area contributed by atoms with Crippen molar-refractivity contribution < 1.29 is 4.84 Å². The molecule has 2 nitrogen and oxygen atoms in total. The van der Waals surface area contributed by atoms with Gasteiger partial charge in [0.1, 0.15) is 7.11 Å². The molecule has 0 unspecified atom stereocenters. The summed E-state index contributed by atoms with van der Waals surface area (Å²) in [5, 5.41) is 4.20. The van der Waals surface area contributed by atoms with Crippen LogP contribution in [0.4, 0.5) is 0 Å². The molecule has 0 bridgehead atoms. The van der Waals surface area contributed by atoms with Crippen LogP contribution in [0.15, 0.2) is 59.8 Å². The van der Waals surface area contributed by atoms with E-state index in [1.165, 1.54) is 16.7 Å². The summed E-state index contributed by atoms with van der Waals surface area (Å²) in [6.45, 7) is 2.11. The van der Waals surface area contributed by atoms with Crippen molar-refractivity contribution in [2.45, 2.75) is 26.2 Å². The van der Waals surface area contributed by atoms with Crippen LogP contribution < -0.4 is 0 Å². The maximum atomic E-state index is 5.00. The summed E-state index contributed by atoms with van der Waals surface area (Å²) < 4.78 is 0. The van der Waals surface area contributed by atoms with E-state index in [0.717, 1.165) is 25.0 Å². The molecule has 0 radical (unpaired) electrons. The normalized spacial score (nSPS) is 11.4. The molecule has 2 aromatic rings. The number of nitrogens with zero attached hydrogens (tertiary/aromatic N) is 1. The minimum absolute atomic E-state index is 0.924. The van der Waals surface area contributed by atoms with Crippen LogP contribution in [0.5, 0.6) is 0 Å². The molecule has 0 spiro atoms. The Hall–Kier alpha value is -2.09. The van der Waals surface area contributed by atoms with Crippen LogP contribution in [0.2, 0.25) is 0 Å². The van der Waals surface area contributed by atoms with Crippen molar-refractivity contribution in [1.82, 2.24) is 0 Å². The highest BCUT2D eigenvalue weighted by atomic mass is 16.6. The fraction of sp³-hybridized carbons (Fsp3) is 0.278. The van der Waals surface area contributed by atoms with Crippen molar-refractivity contribution >= 4 is 5.71 Å². The van der Waals surface area contributed by atoms with Crippen LogP contribution >= 0.6 is 0 Å². The largest absolute Gasteiger partial charge is 0.399 e. The Labute approximate surface area is 121 Å². The van der Waals surface area contributed by atoms with Gasteiger partial charge in [0, 0.05) is 5.56 Å². The topological polar surface area (TPSA) is 21.6 Å². The SMILES string of the molecule is CO/N=C(\CCCc1ccccc1)c1ccccc1C. The maximum absolute atomic E-state index is 5.00. The van der Waals surface area contributed by atoms with Crippen LogP contribution in [0.3, 0.4) is 0 Å². The van der Waals surface area contributed by atoms with E-state index in [-0.39, 0.29) is 0 Å². The van der Waals surface area contributed by atoms with Crippen LogP contribution in [0.25, 0.3) is 0 Å². The van der Waals surface area contributed by atoms with E-state index in [4.69, 9.17) is 4.84 Å². The number of rotatable bonds is 6. The number of oxime groups is 1. The highest BCUT2D eigenvalue weighted by molar-refractivity contribution is 6.01. The number of benzene rings is 2. The molecule has 0 saturated heterocycles. The monoisotopic (exact) mass is 267 g/mol. The zero-order chi connectivity index (χ0) is 14.2. The molecule has 0 atom stereocenters. The molecule has 0 amide bonds. The lowest BCUT2D eigenvalue weighted by molar-refractivity contribution is 0.212. The third-order valence-electron chi connectivity index (χ3n) is 3.38. The number of hydrogen-bond acceptors (Lipinski definition) is 2. The second kappa shape index (κ2) is 7.49.